The predicted octanol–water partition coefficient (Wildman–Crippen LogP) is 2.27. The molecule has 2 aliphatic rings. The minimum atomic E-state index is -0.199. The van der Waals surface area contributed by atoms with Gasteiger partial charge in [-0.3, -0.25) is 9.59 Å². The summed E-state index contributed by atoms with van der Waals surface area (Å²) in [7, 11) is 0. The maximum atomic E-state index is 12.9. The summed E-state index contributed by atoms with van der Waals surface area (Å²) in [6, 6.07) is 1.59. The molecule has 140 valence electrons. The number of aromatic nitrogens is 3. The van der Waals surface area contributed by atoms with Gasteiger partial charge in [-0.15, -0.1) is 5.10 Å². The van der Waals surface area contributed by atoms with Crippen molar-refractivity contribution in [1.29, 1.82) is 0 Å². The monoisotopic (exact) mass is 375 g/mol. The SMILES string of the molecule is Cc1cc(=O)n2nc(N3CCCC3C(=O)NC3CCCCCC3)sc2n1. The van der Waals surface area contributed by atoms with Gasteiger partial charge in [0.15, 0.2) is 0 Å². The molecule has 1 amide bonds. The van der Waals surface area contributed by atoms with Crippen molar-refractivity contribution in [3.63, 3.8) is 0 Å². The maximum absolute atomic E-state index is 12.9. The van der Waals surface area contributed by atoms with E-state index in [-0.39, 0.29) is 17.5 Å². The Labute approximate surface area is 156 Å². The van der Waals surface area contributed by atoms with Crippen molar-refractivity contribution in [3.05, 3.63) is 22.1 Å². The Hall–Kier alpha value is -1.96. The van der Waals surface area contributed by atoms with E-state index in [0.717, 1.165) is 32.2 Å². The van der Waals surface area contributed by atoms with Crippen molar-refractivity contribution in [2.45, 2.75) is 70.4 Å². The van der Waals surface area contributed by atoms with Gasteiger partial charge in [0.05, 0.1) is 0 Å². The number of nitrogens with zero attached hydrogens (tertiary/aromatic N) is 4. The number of amides is 1. The van der Waals surface area contributed by atoms with Gasteiger partial charge in [-0.2, -0.15) is 4.52 Å². The number of fused-ring (bicyclic) bond motifs is 1. The van der Waals surface area contributed by atoms with Crippen molar-refractivity contribution in [2.24, 2.45) is 0 Å². The molecule has 8 heteroatoms. The zero-order valence-corrected chi connectivity index (χ0v) is 15.9. The standard InChI is InChI=1S/C18H25N5O2S/c1-12-11-15(24)23-17(19-12)26-18(21-23)22-10-6-9-14(22)16(25)20-13-7-4-2-3-5-8-13/h11,13-14H,2-10H2,1H3,(H,20,25). The Bertz CT molecular complexity index is 853. The molecule has 1 aliphatic heterocycles. The zero-order valence-electron chi connectivity index (χ0n) is 15.1. The molecule has 2 aromatic heterocycles. The van der Waals surface area contributed by atoms with Crippen molar-refractivity contribution >= 4 is 27.3 Å². The molecular weight excluding hydrogens is 350 g/mol. The van der Waals surface area contributed by atoms with Gasteiger partial charge in [0.2, 0.25) is 16.0 Å². The van der Waals surface area contributed by atoms with E-state index >= 15 is 0 Å². The average Bonchev–Trinajstić information content (AvgIpc) is 3.17. The first-order valence-corrected chi connectivity index (χ1v) is 10.4. The summed E-state index contributed by atoms with van der Waals surface area (Å²) in [6.07, 6.45) is 8.89. The number of carbonyl (C=O) groups excluding carboxylic acids is 1. The highest BCUT2D eigenvalue weighted by molar-refractivity contribution is 7.20. The smallest absolute Gasteiger partial charge is 0.275 e. The summed E-state index contributed by atoms with van der Waals surface area (Å²) in [6.45, 7) is 2.59. The van der Waals surface area contributed by atoms with Crippen LogP contribution in [0.25, 0.3) is 4.96 Å². The normalized spacial score (nSPS) is 21.9. The van der Waals surface area contributed by atoms with Crippen LogP contribution in [-0.4, -0.2) is 39.1 Å². The summed E-state index contributed by atoms with van der Waals surface area (Å²) in [5.74, 6) is 0.102. The topological polar surface area (TPSA) is 79.6 Å². The molecule has 0 spiro atoms. The van der Waals surface area contributed by atoms with Gasteiger partial charge in [-0.05, 0) is 32.6 Å². The van der Waals surface area contributed by atoms with Crippen LogP contribution in [-0.2, 0) is 4.79 Å². The summed E-state index contributed by atoms with van der Waals surface area (Å²) < 4.78 is 1.34. The van der Waals surface area contributed by atoms with Crippen molar-refractivity contribution in [3.8, 4) is 0 Å². The van der Waals surface area contributed by atoms with Gasteiger partial charge in [0, 0.05) is 24.3 Å². The molecule has 1 aliphatic carbocycles. The van der Waals surface area contributed by atoms with Gasteiger partial charge >= 0.3 is 0 Å². The average molecular weight is 375 g/mol. The molecule has 0 radical (unpaired) electrons. The third kappa shape index (κ3) is 3.47. The van der Waals surface area contributed by atoms with Crippen molar-refractivity contribution in [2.75, 3.05) is 11.4 Å². The molecule has 7 nitrogen and oxygen atoms in total. The van der Waals surface area contributed by atoms with Crippen LogP contribution in [0, 0.1) is 6.92 Å². The molecule has 1 atom stereocenters. The van der Waals surface area contributed by atoms with Crippen LogP contribution in [0.5, 0.6) is 0 Å². The molecule has 0 bridgehead atoms. The molecule has 3 heterocycles. The first-order chi connectivity index (χ1) is 12.6. The Kier molecular flexibility index (Phi) is 4.93. The molecule has 1 saturated carbocycles. The van der Waals surface area contributed by atoms with Crippen LogP contribution < -0.4 is 15.8 Å². The molecule has 26 heavy (non-hydrogen) atoms. The summed E-state index contributed by atoms with van der Waals surface area (Å²) >= 11 is 1.38. The number of hydrogen-bond acceptors (Lipinski definition) is 6. The first kappa shape index (κ1) is 17.5. The third-order valence-corrected chi connectivity index (χ3v) is 6.31. The lowest BCUT2D eigenvalue weighted by Gasteiger charge is -2.25. The van der Waals surface area contributed by atoms with Crippen LogP contribution >= 0.6 is 11.3 Å². The quantitative estimate of drug-likeness (QED) is 0.833. The van der Waals surface area contributed by atoms with Crippen LogP contribution in [0.15, 0.2) is 10.9 Å². The summed E-state index contributed by atoms with van der Waals surface area (Å²) in [4.78, 5) is 32.0. The van der Waals surface area contributed by atoms with Crippen LogP contribution in [0.4, 0.5) is 5.13 Å². The molecule has 2 fully saturated rings. The fourth-order valence-electron chi connectivity index (χ4n) is 4.02. The molecule has 4 rings (SSSR count). The molecular formula is C18H25N5O2S. The van der Waals surface area contributed by atoms with Gasteiger partial charge in [-0.1, -0.05) is 37.0 Å². The highest BCUT2D eigenvalue weighted by Gasteiger charge is 2.34. The van der Waals surface area contributed by atoms with Gasteiger partial charge in [0.1, 0.15) is 6.04 Å². The number of hydrogen-bond donors (Lipinski definition) is 1. The van der Waals surface area contributed by atoms with E-state index in [0.29, 0.717) is 21.8 Å². The minimum absolute atomic E-state index is 0.102. The number of aryl methyl sites for hydroxylation is 1. The van der Waals surface area contributed by atoms with Gasteiger partial charge in [0.25, 0.3) is 5.56 Å². The van der Waals surface area contributed by atoms with Gasteiger partial charge < -0.3 is 10.2 Å². The second-order valence-corrected chi connectivity index (χ2v) is 8.30. The predicted molar refractivity (Wildman–Crippen MR) is 102 cm³/mol. The Balaban J connectivity index is 1.53. The lowest BCUT2D eigenvalue weighted by molar-refractivity contribution is -0.123. The van der Waals surface area contributed by atoms with E-state index in [1.165, 1.54) is 47.6 Å². The van der Waals surface area contributed by atoms with E-state index in [1.807, 2.05) is 4.90 Å². The Morgan fingerprint density at radius 2 is 1.96 bits per heavy atom. The van der Waals surface area contributed by atoms with E-state index in [4.69, 9.17) is 0 Å². The first-order valence-electron chi connectivity index (χ1n) is 9.56. The molecule has 1 N–H and O–H groups in total. The fraction of sp³-hybridized carbons (Fsp3) is 0.667. The Morgan fingerprint density at radius 3 is 2.73 bits per heavy atom. The molecule has 2 aromatic rings. The van der Waals surface area contributed by atoms with Crippen molar-refractivity contribution in [1.82, 2.24) is 19.9 Å². The largest absolute Gasteiger partial charge is 0.352 e. The van der Waals surface area contributed by atoms with E-state index in [1.54, 1.807) is 6.92 Å². The minimum Gasteiger partial charge on any atom is -0.352 e. The van der Waals surface area contributed by atoms with Gasteiger partial charge in [-0.25, -0.2) is 4.98 Å². The van der Waals surface area contributed by atoms with Crippen LogP contribution in [0.3, 0.4) is 0 Å². The molecule has 0 aromatic carbocycles. The third-order valence-electron chi connectivity index (χ3n) is 5.37. The zero-order chi connectivity index (χ0) is 18.1. The highest BCUT2D eigenvalue weighted by Crippen LogP contribution is 2.29. The van der Waals surface area contributed by atoms with E-state index < -0.39 is 0 Å². The number of anilines is 1. The second kappa shape index (κ2) is 7.34. The second-order valence-electron chi connectivity index (χ2n) is 7.36. The molecule has 1 unspecified atom stereocenters. The maximum Gasteiger partial charge on any atom is 0.275 e. The lowest BCUT2D eigenvalue weighted by atomic mass is 10.1. The van der Waals surface area contributed by atoms with E-state index in [9.17, 15) is 9.59 Å². The number of rotatable bonds is 3. The summed E-state index contributed by atoms with van der Waals surface area (Å²) in [5.41, 5.74) is 0.517. The lowest BCUT2D eigenvalue weighted by Crippen LogP contribution is -2.47. The Morgan fingerprint density at radius 1 is 1.19 bits per heavy atom. The fourth-order valence-corrected chi connectivity index (χ4v) is 5.04. The number of nitrogens with one attached hydrogen (secondary N) is 1. The highest BCUT2D eigenvalue weighted by atomic mass is 32.1. The van der Waals surface area contributed by atoms with Crippen LogP contribution in [0.2, 0.25) is 0 Å². The van der Waals surface area contributed by atoms with Crippen LogP contribution in [0.1, 0.15) is 57.1 Å². The van der Waals surface area contributed by atoms with E-state index in [2.05, 4.69) is 15.4 Å². The summed E-state index contributed by atoms with van der Waals surface area (Å²) in [5, 5.41) is 8.41. The number of carbonyl (C=O) groups is 1. The molecule has 1 saturated heterocycles. The van der Waals surface area contributed by atoms with Crippen molar-refractivity contribution < 1.29 is 4.79 Å².